The summed E-state index contributed by atoms with van der Waals surface area (Å²) in [4.78, 5) is 0. The fraction of sp³-hybridized carbons (Fsp3) is 0.273. The predicted molar refractivity (Wildman–Crippen MR) is 59.7 cm³/mol. The first-order chi connectivity index (χ1) is 6.51. The SMILES string of the molecule is C=CC(C)(N)c1cc(Cl)ccc1OC. The van der Waals surface area contributed by atoms with Crippen LogP contribution in [0.1, 0.15) is 12.5 Å². The summed E-state index contributed by atoms with van der Waals surface area (Å²) >= 11 is 5.89. The molecule has 1 aromatic rings. The monoisotopic (exact) mass is 211 g/mol. The van der Waals surface area contributed by atoms with Gasteiger partial charge in [0.25, 0.3) is 0 Å². The van der Waals surface area contributed by atoms with Crippen LogP contribution in [0.15, 0.2) is 30.9 Å². The number of benzene rings is 1. The summed E-state index contributed by atoms with van der Waals surface area (Å²) in [6.07, 6.45) is 1.67. The van der Waals surface area contributed by atoms with Gasteiger partial charge in [-0.05, 0) is 25.1 Å². The lowest BCUT2D eigenvalue weighted by Gasteiger charge is -2.23. The van der Waals surface area contributed by atoms with Crippen molar-refractivity contribution in [3.63, 3.8) is 0 Å². The van der Waals surface area contributed by atoms with Crippen LogP contribution < -0.4 is 10.5 Å². The van der Waals surface area contributed by atoms with Gasteiger partial charge in [0.15, 0.2) is 0 Å². The third kappa shape index (κ3) is 2.08. The van der Waals surface area contributed by atoms with E-state index < -0.39 is 5.54 Å². The van der Waals surface area contributed by atoms with E-state index >= 15 is 0 Å². The summed E-state index contributed by atoms with van der Waals surface area (Å²) < 4.78 is 5.20. The second-order valence-corrected chi connectivity index (χ2v) is 3.77. The number of hydrogen-bond acceptors (Lipinski definition) is 2. The van der Waals surface area contributed by atoms with Gasteiger partial charge >= 0.3 is 0 Å². The molecule has 0 amide bonds. The zero-order chi connectivity index (χ0) is 10.8. The number of nitrogens with two attached hydrogens (primary N) is 1. The molecule has 0 aliphatic rings. The molecule has 0 aliphatic carbocycles. The lowest BCUT2D eigenvalue weighted by atomic mass is 9.92. The number of hydrogen-bond donors (Lipinski definition) is 1. The van der Waals surface area contributed by atoms with E-state index in [0.29, 0.717) is 5.02 Å². The minimum absolute atomic E-state index is 0.629. The van der Waals surface area contributed by atoms with Crippen molar-refractivity contribution in [3.8, 4) is 5.75 Å². The third-order valence-corrected chi connectivity index (χ3v) is 2.40. The molecule has 1 aromatic carbocycles. The maximum atomic E-state index is 6.03. The number of methoxy groups -OCH3 is 1. The second-order valence-electron chi connectivity index (χ2n) is 3.33. The average Bonchev–Trinajstić information content (AvgIpc) is 2.18. The van der Waals surface area contributed by atoms with Crippen LogP contribution in [0, 0.1) is 0 Å². The maximum absolute atomic E-state index is 6.03. The highest BCUT2D eigenvalue weighted by atomic mass is 35.5. The molecular weight excluding hydrogens is 198 g/mol. The van der Waals surface area contributed by atoms with Crippen molar-refractivity contribution < 1.29 is 4.74 Å². The Balaban J connectivity index is 3.30. The topological polar surface area (TPSA) is 35.2 Å². The zero-order valence-corrected chi connectivity index (χ0v) is 9.14. The Kier molecular flexibility index (Phi) is 3.19. The van der Waals surface area contributed by atoms with Crippen molar-refractivity contribution in [1.82, 2.24) is 0 Å². The van der Waals surface area contributed by atoms with Crippen LogP contribution in [0.3, 0.4) is 0 Å². The van der Waals surface area contributed by atoms with Crippen molar-refractivity contribution in [2.24, 2.45) is 5.73 Å². The van der Waals surface area contributed by atoms with Crippen molar-refractivity contribution in [1.29, 1.82) is 0 Å². The highest BCUT2D eigenvalue weighted by Gasteiger charge is 2.21. The van der Waals surface area contributed by atoms with E-state index in [1.165, 1.54) is 0 Å². The molecular formula is C11H14ClNO. The van der Waals surface area contributed by atoms with Crippen LogP contribution >= 0.6 is 11.6 Å². The maximum Gasteiger partial charge on any atom is 0.124 e. The van der Waals surface area contributed by atoms with Gasteiger partial charge in [0.2, 0.25) is 0 Å². The average molecular weight is 212 g/mol. The minimum atomic E-state index is -0.629. The van der Waals surface area contributed by atoms with E-state index in [1.54, 1.807) is 31.4 Å². The Labute approximate surface area is 89.3 Å². The van der Waals surface area contributed by atoms with Gasteiger partial charge in [-0.25, -0.2) is 0 Å². The summed E-state index contributed by atoms with van der Waals surface area (Å²) in [5.41, 5.74) is 6.23. The number of halogens is 1. The second kappa shape index (κ2) is 4.03. The summed E-state index contributed by atoms with van der Waals surface area (Å²) in [7, 11) is 1.60. The molecule has 1 atom stereocenters. The molecule has 0 heterocycles. The summed E-state index contributed by atoms with van der Waals surface area (Å²) in [6, 6.07) is 5.36. The Hall–Kier alpha value is -0.990. The first kappa shape index (κ1) is 11.1. The van der Waals surface area contributed by atoms with Crippen LogP contribution in [0.25, 0.3) is 0 Å². The first-order valence-corrected chi connectivity index (χ1v) is 4.65. The zero-order valence-electron chi connectivity index (χ0n) is 8.38. The molecule has 14 heavy (non-hydrogen) atoms. The van der Waals surface area contributed by atoms with Gasteiger partial charge in [-0.3, -0.25) is 0 Å². The van der Waals surface area contributed by atoms with Gasteiger partial charge in [-0.2, -0.15) is 0 Å². The molecule has 0 saturated heterocycles. The van der Waals surface area contributed by atoms with E-state index in [4.69, 9.17) is 22.1 Å². The molecule has 2 N–H and O–H groups in total. The molecule has 1 unspecified atom stereocenters. The summed E-state index contributed by atoms with van der Waals surface area (Å²) in [5, 5.41) is 0.638. The Bertz CT molecular complexity index is 347. The highest BCUT2D eigenvalue weighted by molar-refractivity contribution is 6.30. The van der Waals surface area contributed by atoms with Crippen LogP contribution in [-0.4, -0.2) is 7.11 Å². The van der Waals surface area contributed by atoms with E-state index in [0.717, 1.165) is 11.3 Å². The van der Waals surface area contributed by atoms with Gasteiger partial charge in [-0.1, -0.05) is 17.7 Å². The molecule has 0 saturated carbocycles. The van der Waals surface area contributed by atoms with E-state index in [-0.39, 0.29) is 0 Å². The van der Waals surface area contributed by atoms with Gasteiger partial charge < -0.3 is 10.5 Å². The third-order valence-electron chi connectivity index (χ3n) is 2.17. The lowest BCUT2D eigenvalue weighted by Crippen LogP contribution is -2.30. The first-order valence-electron chi connectivity index (χ1n) is 4.27. The summed E-state index contributed by atoms with van der Waals surface area (Å²) in [6.45, 7) is 5.55. The van der Waals surface area contributed by atoms with E-state index in [9.17, 15) is 0 Å². The standard InChI is InChI=1S/C11H14ClNO/c1-4-11(2,13)9-7-8(12)5-6-10(9)14-3/h4-7H,1,13H2,2-3H3. The Morgan fingerprint density at radius 2 is 2.21 bits per heavy atom. The number of ether oxygens (including phenoxy) is 1. The molecule has 0 bridgehead atoms. The van der Waals surface area contributed by atoms with Crippen LogP contribution in [-0.2, 0) is 5.54 Å². The predicted octanol–water partition coefficient (Wildman–Crippen LogP) is 2.71. The van der Waals surface area contributed by atoms with Crippen LogP contribution in [0.5, 0.6) is 5.75 Å². The molecule has 76 valence electrons. The Morgan fingerprint density at radius 3 is 2.71 bits per heavy atom. The fourth-order valence-electron chi connectivity index (χ4n) is 1.21. The normalized spacial score (nSPS) is 14.6. The molecule has 2 nitrogen and oxygen atoms in total. The van der Waals surface area contributed by atoms with E-state index in [1.807, 2.05) is 6.92 Å². The molecule has 3 heteroatoms. The molecule has 0 radical (unpaired) electrons. The van der Waals surface area contributed by atoms with Gasteiger partial charge in [0.05, 0.1) is 12.6 Å². The van der Waals surface area contributed by atoms with Gasteiger partial charge in [0, 0.05) is 10.6 Å². The fourth-order valence-corrected chi connectivity index (χ4v) is 1.38. The van der Waals surface area contributed by atoms with Crippen molar-refractivity contribution in [2.75, 3.05) is 7.11 Å². The lowest BCUT2D eigenvalue weighted by molar-refractivity contribution is 0.400. The largest absolute Gasteiger partial charge is 0.496 e. The molecule has 0 spiro atoms. The van der Waals surface area contributed by atoms with Crippen molar-refractivity contribution in [3.05, 3.63) is 41.4 Å². The van der Waals surface area contributed by atoms with Crippen LogP contribution in [0.2, 0.25) is 5.02 Å². The van der Waals surface area contributed by atoms with E-state index in [2.05, 4.69) is 6.58 Å². The molecule has 0 fully saturated rings. The highest BCUT2D eigenvalue weighted by Crippen LogP contribution is 2.31. The van der Waals surface area contributed by atoms with Crippen LogP contribution in [0.4, 0.5) is 0 Å². The minimum Gasteiger partial charge on any atom is -0.496 e. The van der Waals surface area contributed by atoms with Crippen molar-refractivity contribution >= 4 is 11.6 Å². The smallest absolute Gasteiger partial charge is 0.124 e. The van der Waals surface area contributed by atoms with Gasteiger partial charge in [0.1, 0.15) is 5.75 Å². The summed E-state index contributed by atoms with van der Waals surface area (Å²) in [5.74, 6) is 0.722. The van der Waals surface area contributed by atoms with Crippen molar-refractivity contribution in [2.45, 2.75) is 12.5 Å². The molecule has 0 aliphatic heterocycles. The quantitative estimate of drug-likeness (QED) is 0.781. The molecule has 1 rings (SSSR count). The van der Waals surface area contributed by atoms with Gasteiger partial charge in [-0.15, -0.1) is 6.58 Å². The number of rotatable bonds is 3. The molecule has 0 aromatic heterocycles. The Morgan fingerprint density at radius 1 is 1.57 bits per heavy atom.